The molecule has 2 heterocycles. The standard InChI is InChI=1S/C15H13ClN2O6S/c16-12-7-10(18(20)21)1-2-11(12)13-3-4-14(24-13)15(19)17-9-5-6-25(22,23)8-9/h1-4,7,9H,5-6,8H2,(H,17,19)/t9-/m0/s1. The Morgan fingerprint density at radius 1 is 1.32 bits per heavy atom. The maximum absolute atomic E-state index is 12.2. The van der Waals surface area contributed by atoms with Gasteiger partial charge in [0.25, 0.3) is 11.6 Å². The molecule has 1 aliphatic heterocycles. The van der Waals surface area contributed by atoms with Crippen LogP contribution in [0.2, 0.25) is 5.02 Å². The van der Waals surface area contributed by atoms with E-state index in [2.05, 4.69) is 5.32 Å². The number of halogens is 1. The van der Waals surface area contributed by atoms with Crippen LogP contribution in [0.3, 0.4) is 0 Å². The van der Waals surface area contributed by atoms with Crippen molar-refractivity contribution < 1.29 is 22.6 Å². The molecule has 1 saturated heterocycles. The summed E-state index contributed by atoms with van der Waals surface area (Å²) in [5.41, 5.74) is 0.260. The molecule has 1 aromatic carbocycles. The lowest BCUT2D eigenvalue weighted by Crippen LogP contribution is -2.35. The second kappa shape index (κ2) is 6.49. The molecule has 132 valence electrons. The summed E-state index contributed by atoms with van der Waals surface area (Å²) in [6.07, 6.45) is 0.371. The minimum Gasteiger partial charge on any atom is -0.451 e. The monoisotopic (exact) mass is 384 g/mol. The van der Waals surface area contributed by atoms with Crippen molar-refractivity contribution in [2.75, 3.05) is 11.5 Å². The summed E-state index contributed by atoms with van der Waals surface area (Å²) in [6, 6.07) is 6.44. The van der Waals surface area contributed by atoms with E-state index in [1.54, 1.807) is 0 Å². The van der Waals surface area contributed by atoms with Gasteiger partial charge in [-0.1, -0.05) is 11.6 Å². The Morgan fingerprint density at radius 2 is 2.08 bits per heavy atom. The number of nitro benzene ring substituents is 1. The van der Waals surface area contributed by atoms with Gasteiger partial charge in [0.15, 0.2) is 15.6 Å². The topological polar surface area (TPSA) is 120 Å². The number of hydrogen-bond acceptors (Lipinski definition) is 6. The second-order valence-corrected chi connectivity index (χ2v) is 8.29. The maximum atomic E-state index is 12.2. The number of nitrogens with zero attached hydrogens (tertiary/aromatic N) is 1. The van der Waals surface area contributed by atoms with Crippen LogP contribution in [-0.4, -0.2) is 36.8 Å². The van der Waals surface area contributed by atoms with Crippen LogP contribution < -0.4 is 5.32 Å². The number of benzene rings is 1. The summed E-state index contributed by atoms with van der Waals surface area (Å²) in [4.78, 5) is 22.3. The van der Waals surface area contributed by atoms with Gasteiger partial charge < -0.3 is 9.73 Å². The number of hydrogen-bond donors (Lipinski definition) is 1. The number of non-ortho nitro benzene ring substituents is 1. The summed E-state index contributed by atoms with van der Waals surface area (Å²) in [6.45, 7) is 0. The zero-order valence-electron chi connectivity index (χ0n) is 12.8. The Balaban J connectivity index is 1.76. The molecule has 0 spiro atoms. The largest absolute Gasteiger partial charge is 0.451 e. The number of carbonyl (C=O) groups is 1. The molecule has 1 aromatic heterocycles. The van der Waals surface area contributed by atoms with Gasteiger partial charge in [0, 0.05) is 23.7 Å². The van der Waals surface area contributed by atoms with Crippen molar-refractivity contribution in [1.82, 2.24) is 5.32 Å². The third kappa shape index (κ3) is 3.83. The van der Waals surface area contributed by atoms with E-state index >= 15 is 0 Å². The number of amides is 1. The maximum Gasteiger partial charge on any atom is 0.287 e. The summed E-state index contributed by atoms with van der Waals surface area (Å²) in [5, 5.41) is 13.5. The number of nitrogens with one attached hydrogen (secondary N) is 1. The smallest absolute Gasteiger partial charge is 0.287 e. The fourth-order valence-corrected chi connectivity index (χ4v) is 4.53. The van der Waals surface area contributed by atoms with E-state index in [9.17, 15) is 23.3 Å². The van der Waals surface area contributed by atoms with E-state index in [1.807, 2.05) is 0 Å². The predicted molar refractivity (Wildman–Crippen MR) is 90.3 cm³/mol. The lowest BCUT2D eigenvalue weighted by atomic mass is 10.1. The quantitative estimate of drug-likeness (QED) is 0.638. The van der Waals surface area contributed by atoms with Crippen LogP contribution >= 0.6 is 11.6 Å². The van der Waals surface area contributed by atoms with Gasteiger partial charge in [0.1, 0.15) is 5.76 Å². The lowest BCUT2D eigenvalue weighted by Gasteiger charge is -2.08. The highest BCUT2D eigenvalue weighted by molar-refractivity contribution is 7.91. The van der Waals surface area contributed by atoms with Crippen molar-refractivity contribution in [3.63, 3.8) is 0 Å². The molecule has 10 heteroatoms. The van der Waals surface area contributed by atoms with Crippen LogP contribution in [-0.2, 0) is 9.84 Å². The van der Waals surface area contributed by atoms with Crippen molar-refractivity contribution in [2.45, 2.75) is 12.5 Å². The molecule has 0 bridgehead atoms. The summed E-state index contributed by atoms with van der Waals surface area (Å²) in [5.74, 6) is -0.260. The molecular weight excluding hydrogens is 372 g/mol. The van der Waals surface area contributed by atoms with E-state index in [0.29, 0.717) is 12.0 Å². The van der Waals surface area contributed by atoms with Crippen LogP contribution in [0.15, 0.2) is 34.7 Å². The molecule has 3 rings (SSSR count). The van der Waals surface area contributed by atoms with Crippen molar-refractivity contribution in [1.29, 1.82) is 0 Å². The molecule has 1 N–H and O–H groups in total. The van der Waals surface area contributed by atoms with Gasteiger partial charge in [-0.2, -0.15) is 0 Å². The van der Waals surface area contributed by atoms with Crippen LogP contribution in [0.5, 0.6) is 0 Å². The van der Waals surface area contributed by atoms with E-state index in [1.165, 1.54) is 30.3 Å². The van der Waals surface area contributed by atoms with Gasteiger partial charge in [0.2, 0.25) is 0 Å². The zero-order valence-corrected chi connectivity index (χ0v) is 14.3. The van der Waals surface area contributed by atoms with E-state index in [0.717, 1.165) is 0 Å². The Morgan fingerprint density at radius 3 is 2.68 bits per heavy atom. The summed E-state index contributed by atoms with van der Waals surface area (Å²) in [7, 11) is -3.10. The number of furan rings is 1. The van der Waals surface area contributed by atoms with Gasteiger partial charge in [-0.3, -0.25) is 14.9 Å². The summed E-state index contributed by atoms with van der Waals surface area (Å²) >= 11 is 6.03. The molecule has 25 heavy (non-hydrogen) atoms. The Kier molecular flexibility index (Phi) is 4.53. The van der Waals surface area contributed by atoms with Crippen molar-refractivity contribution in [3.8, 4) is 11.3 Å². The molecule has 0 unspecified atom stereocenters. The van der Waals surface area contributed by atoms with E-state index < -0.39 is 26.7 Å². The molecule has 1 fully saturated rings. The molecule has 8 nitrogen and oxygen atoms in total. The van der Waals surface area contributed by atoms with Crippen molar-refractivity contribution in [3.05, 3.63) is 51.2 Å². The third-order valence-corrected chi connectivity index (χ3v) is 5.91. The van der Waals surface area contributed by atoms with Crippen LogP contribution in [0.25, 0.3) is 11.3 Å². The van der Waals surface area contributed by atoms with E-state index in [-0.39, 0.29) is 33.7 Å². The van der Waals surface area contributed by atoms with Gasteiger partial charge in [-0.25, -0.2) is 8.42 Å². The highest BCUT2D eigenvalue weighted by Gasteiger charge is 2.29. The number of carbonyl (C=O) groups excluding carboxylic acids is 1. The minimum atomic E-state index is -3.10. The normalized spacial score (nSPS) is 18.8. The van der Waals surface area contributed by atoms with Crippen molar-refractivity contribution in [2.24, 2.45) is 0 Å². The minimum absolute atomic E-state index is 0.00807. The fraction of sp³-hybridized carbons (Fsp3) is 0.267. The molecule has 0 radical (unpaired) electrons. The molecule has 1 aliphatic rings. The van der Waals surface area contributed by atoms with Crippen molar-refractivity contribution >= 4 is 33.0 Å². The first-order chi connectivity index (χ1) is 11.7. The van der Waals surface area contributed by atoms with Crippen LogP contribution in [0.4, 0.5) is 5.69 Å². The van der Waals surface area contributed by atoms with Crippen LogP contribution in [0, 0.1) is 10.1 Å². The van der Waals surface area contributed by atoms with Gasteiger partial charge in [-0.15, -0.1) is 0 Å². The SMILES string of the molecule is O=C(N[C@H]1CCS(=O)(=O)C1)c1ccc(-c2ccc([N+](=O)[O-])cc2Cl)o1. The second-order valence-electron chi connectivity index (χ2n) is 5.66. The first-order valence-corrected chi connectivity index (χ1v) is 9.50. The molecule has 0 saturated carbocycles. The molecule has 1 atom stereocenters. The predicted octanol–water partition coefficient (Wildman–Crippen LogP) is 2.43. The first-order valence-electron chi connectivity index (χ1n) is 7.30. The lowest BCUT2D eigenvalue weighted by molar-refractivity contribution is -0.384. The van der Waals surface area contributed by atoms with Gasteiger partial charge in [-0.05, 0) is 24.6 Å². The number of sulfone groups is 1. The Hall–Kier alpha value is -2.39. The Labute approximate surface area is 147 Å². The number of nitro groups is 1. The first kappa shape index (κ1) is 17.4. The van der Waals surface area contributed by atoms with Gasteiger partial charge in [0.05, 0.1) is 21.5 Å². The third-order valence-electron chi connectivity index (χ3n) is 3.83. The Bertz CT molecular complexity index is 953. The highest BCUT2D eigenvalue weighted by atomic mass is 35.5. The molecule has 2 aromatic rings. The average molecular weight is 385 g/mol. The molecule has 1 amide bonds. The van der Waals surface area contributed by atoms with Gasteiger partial charge >= 0.3 is 0 Å². The molecular formula is C15H13ClN2O6S. The summed E-state index contributed by atoms with van der Waals surface area (Å²) < 4.78 is 28.3. The number of rotatable bonds is 4. The fourth-order valence-electron chi connectivity index (χ4n) is 2.59. The van der Waals surface area contributed by atoms with Crippen LogP contribution in [0.1, 0.15) is 17.0 Å². The highest BCUT2D eigenvalue weighted by Crippen LogP contribution is 2.32. The van der Waals surface area contributed by atoms with E-state index in [4.69, 9.17) is 16.0 Å². The average Bonchev–Trinajstić information content (AvgIpc) is 3.14. The zero-order chi connectivity index (χ0) is 18.2. The molecule has 0 aliphatic carbocycles.